The molecule has 0 saturated carbocycles. The summed E-state index contributed by atoms with van der Waals surface area (Å²) in [6.45, 7) is 5.01. The number of amides is 3. The van der Waals surface area contributed by atoms with Crippen LogP contribution in [0.25, 0.3) is 0 Å². The fourth-order valence-corrected chi connectivity index (χ4v) is 5.95. The Morgan fingerprint density at radius 1 is 0.921 bits per heavy atom. The Morgan fingerprint density at radius 3 is 2.45 bits per heavy atom. The van der Waals surface area contributed by atoms with E-state index in [2.05, 4.69) is 62.6 Å². The molecular weight excluding hydrogens is 478 g/mol. The highest BCUT2D eigenvalue weighted by Gasteiger charge is 2.39. The Balaban J connectivity index is 1.11. The van der Waals surface area contributed by atoms with Gasteiger partial charge in [-0.2, -0.15) is 0 Å². The molecule has 0 spiro atoms. The van der Waals surface area contributed by atoms with Gasteiger partial charge in [0.05, 0.1) is 6.04 Å². The lowest BCUT2D eigenvalue weighted by molar-refractivity contribution is -0.136. The van der Waals surface area contributed by atoms with E-state index >= 15 is 0 Å². The van der Waals surface area contributed by atoms with Crippen LogP contribution in [0.3, 0.4) is 0 Å². The first kappa shape index (κ1) is 24.5. The van der Waals surface area contributed by atoms with Gasteiger partial charge in [-0.05, 0) is 40.8 Å². The quantitative estimate of drug-likeness (QED) is 0.515. The molecule has 3 amide bonds. The van der Waals surface area contributed by atoms with Crippen molar-refractivity contribution < 1.29 is 14.4 Å². The van der Waals surface area contributed by atoms with Crippen molar-refractivity contribution in [2.24, 2.45) is 0 Å². The zero-order valence-corrected chi connectivity index (χ0v) is 21.3. The second-order valence-corrected chi connectivity index (χ2v) is 10.3. The van der Waals surface area contributed by atoms with Crippen molar-refractivity contribution in [1.82, 2.24) is 25.0 Å². The van der Waals surface area contributed by atoms with Crippen LogP contribution < -0.4 is 5.32 Å². The van der Waals surface area contributed by atoms with Crippen molar-refractivity contribution >= 4 is 17.7 Å². The summed E-state index contributed by atoms with van der Waals surface area (Å²) in [5, 5.41) is 2.37. The van der Waals surface area contributed by atoms with Crippen molar-refractivity contribution in [1.29, 1.82) is 0 Å². The zero-order valence-electron chi connectivity index (χ0n) is 21.3. The lowest BCUT2D eigenvalue weighted by atomic mass is 9.97. The number of rotatable bonds is 6. The van der Waals surface area contributed by atoms with Gasteiger partial charge >= 0.3 is 0 Å². The summed E-state index contributed by atoms with van der Waals surface area (Å²) < 4.78 is 0. The molecule has 4 heterocycles. The van der Waals surface area contributed by atoms with E-state index in [0.717, 1.165) is 38.3 Å². The predicted molar refractivity (Wildman–Crippen MR) is 142 cm³/mol. The molecule has 2 fully saturated rings. The van der Waals surface area contributed by atoms with Gasteiger partial charge in [0.1, 0.15) is 6.04 Å². The molecule has 1 N–H and O–H groups in total. The number of pyridine rings is 1. The van der Waals surface area contributed by atoms with Gasteiger partial charge in [0.25, 0.3) is 5.91 Å². The van der Waals surface area contributed by atoms with Gasteiger partial charge in [0.15, 0.2) is 0 Å². The summed E-state index contributed by atoms with van der Waals surface area (Å²) in [6.07, 6.45) is 4.43. The van der Waals surface area contributed by atoms with Gasteiger partial charge < -0.3 is 4.90 Å². The van der Waals surface area contributed by atoms with Crippen molar-refractivity contribution in [2.75, 3.05) is 26.2 Å². The molecule has 3 aliphatic heterocycles. The molecule has 8 heteroatoms. The Labute approximate surface area is 222 Å². The maximum absolute atomic E-state index is 13.0. The predicted octanol–water partition coefficient (Wildman–Crippen LogP) is 2.75. The summed E-state index contributed by atoms with van der Waals surface area (Å²) in [5.41, 5.74) is 5.26. The highest BCUT2D eigenvalue weighted by molar-refractivity contribution is 6.05. The summed E-state index contributed by atoms with van der Waals surface area (Å²) in [5.74, 6) is -0.772. The third-order valence-electron chi connectivity index (χ3n) is 7.88. The molecular formula is C30H31N5O3. The minimum Gasteiger partial charge on any atom is -0.322 e. The van der Waals surface area contributed by atoms with Crippen LogP contribution in [0.5, 0.6) is 0 Å². The topological polar surface area (TPSA) is 85.9 Å². The van der Waals surface area contributed by atoms with Gasteiger partial charge in [-0.15, -0.1) is 0 Å². The number of carbonyl (C=O) groups is 3. The number of benzene rings is 2. The first-order valence-corrected chi connectivity index (χ1v) is 13.2. The average Bonchev–Trinajstić information content (AvgIpc) is 3.26. The largest absolute Gasteiger partial charge is 0.322 e. The van der Waals surface area contributed by atoms with Crippen LogP contribution in [0.15, 0.2) is 73.1 Å². The first-order valence-electron chi connectivity index (χ1n) is 13.2. The van der Waals surface area contributed by atoms with Crippen LogP contribution in [-0.2, 0) is 22.7 Å². The highest BCUT2D eigenvalue weighted by Crippen LogP contribution is 2.31. The maximum Gasteiger partial charge on any atom is 0.255 e. The van der Waals surface area contributed by atoms with E-state index in [9.17, 15) is 14.4 Å². The molecule has 194 valence electrons. The first-order chi connectivity index (χ1) is 18.6. The van der Waals surface area contributed by atoms with E-state index in [-0.39, 0.29) is 30.2 Å². The molecule has 0 bridgehead atoms. The number of piperazine rings is 1. The molecule has 2 saturated heterocycles. The van der Waals surface area contributed by atoms with Gasteiger partial charge in [0.2, 0.25) is 11.8 Å². The van der Waals surface area contributed by atoms with Gasteiger partial charge in [0, 0.05) is 63.6 Å². The van der Waals surface area contributed by atoms with Crippen molar-refractivity contribution in [3.05, 3.63) is 101 Å². The Kier molecular flexibility index (Phi) is 6.74. The number of carbonyl (C=O) groups excluding carboxylic acids is 3. The SMILES string of the molecule is O=C1CCC(N2Cc3cc(CN4CCN(C(c5ccccc5)c5cccnc5)CC4)ccc3C2=O)C(=O)N1. The molecule has 3 aliphatic rings. The second kappa shape index (κ2) is 10.5. The second-order valence-electron chi connectivity index (χ2n) is 10.3. The Bertz CT molecular complexity index is 1300. The molecule has 1 aromatic heterocycles. The van der Waals surface area contributed by atoms with Crippen LogP contribution >= 0.6 is 0 Å². The van der Waals surface area contributed by atoms with Crippen LogP contribution in [0.4, 0.5) is 0 Å². The molecule has 38 heavy (non-hydrogen) atoms. The number of piperidine rings is 1. The van der Waals surface area contributed by atoms with Gasteiger partial charge in [-0.1, -0.05) is 48.5 Å². The van der Waals surface area contributed by atoms with E-state index < -0.39 is 6.04 Å². The standard InChI is InChI=1S/C30H31N5O3/c36-27-11-10-26(29(37)32-27)35-20-24-17-21(8-9-25(24)30(35)38)19-33-13-15-34(16-14-33)28(22-5-2-1-3-6-22)23-7-4-12-31-18-23/h1-9,12,17-18,26,28H,10-11,13-16,19-20H2,(H,32,36,37). The number of imide groups is 1. The minimum absolute atomic E-state index is 0.128. The smallest absolute Gasteiger partial charge is 0.255 e. The van der Waals surface area contributed by atoms with Crippen molar-refractivity contribution in [3.8, 4) is 0 Å². The van der Waals surface area contributed by atoms with E-state index in [4.69, 9.17) is 0 Å². The summed E-state index contributed by atoms with van der Waals surface area (Å²) in [4.78, 5) is 47.8. The van der Waals surface area contributed by atoms with Crippen LogP contribution in [-0.4, -0.2) is 69.6 Å². The Morgan fingerprint density at radius 2 is 1.71 bits per heavy atom. The molecule has 0 aliphatic carbocycles. The van der Waals surface area contributed by atoms with Crippen molar-refractivity contribution in [3.63, 3.8) is 0 Å². The average molecular weight is 510 g/mol. The van der Waals surface area contributed by atoms with Crippen LogP contribution in [0.1, 0.15) is 51.5 Å². The lowest BCUT2D eigenvalue weighted by Gasteiger charge is -2.39. The Hall–Kier alpha value is -3.88. The number of aromatic nitrogens is 1. The van der Waals surface area contributed by atoms with E-state index in [0.29, 0.717) is 18.5 Å². The normalized spacial score (nSPS) is 21.3. The minimum atomic E-state index is -0.582. The van der Waals surface area contributed by atoms with E-state index in [1.165, 1.54) is 16.7 Å². The van der Waals surface area contributed by atoms with Crippen LogP contribution in [0, 0.1) is 0 Å². The monoisotopic (exact) mass is 509 g/mol. The number of hydrogen-bond acceptors (Lipinski definition) is 6. The molecule has 2 atom stereocenters. The van der Waals surface area contributed by atoms with Gasteiger partial charge in [-0.3, -0.25) is 34.5 Å². The molecule has 6 rings (SSSR count). The third-order valence-corrected chi connectivity index (χ3v) is 7.88. The number of hydrogen-bond donors (Lipinski definition) is 1. The van der Waals surface area contributed by atoms with Crippen LogP contribution in [0.2, 0.25) is 0 Å². The molecule has 2 aromatic carbocycles. The fraction of sp³-hybridized carbons (Fsp3) is 0.333. The summed E-state index contributed by atoms with van der Waals surface area (Å²) >= 11 is 0. The molecule has 8 nitrogen and oxygen atoms in total. The number of fused-ring (bicyclic) bond motifs is 1. The fourth-order valence-electron chi connectivity index (χ4n) is 5.95. The molecule has 0 radical (unpaired) electrons. The summed E-state index contributed by atoms with van der Waals surface area (Å²) in [7, 11) is 0. The van der Waals surface area contributed by atoms with Gasteiger partial charge in [-0.25, -0.2) is 0 Å². The zero-order chi connectivity index (χ0) is 26.1. The molecule has 3 aromatic rings. The highest BCUT2D eigenvalue weighted by atomic mass is 16.2. The third kappa shape index (κ3) is 4.85. The lowest BCUT2D eigenvalue weighted by Crippen LogP contribution is -2.52. The van der Waals surface area contributed by atoms with Crippen molar-refractivity contribution in [2.45, 2.75) is 38.0 Å². The molecule has 2 unspecified atom stereocenters. The number of nitrogens with one attached hydrogen (secondary N) is 1. The maximum atomic E-state index is 13.0. The summed E-state index contributed by atoms with van der Waals surface area (Å²) in [6, 6.07) is 20.4. The number of nitrogens with zero attached hydrogens (tertiary/aromatic N) is 4. The van der Waals surface area contributed by atoms with E-state index in [1.807, 2.05) is 30.6 Å². The van der Waals surface area contributed by atoms with E-state index in [1.54, 1.807) is 4.90 Å².